The molecule has 2 aromatic heterocycles. The molecule has 12 heavy (non-hydrogen) atoms. The Bertz CT molecular complexity index is 431. The summed E-state index contributed by atoms with van der Waals surface area (Å²) in [4.78, 5) is 7.86. The van der Waals surface area contributed by atoms with Crippen LogP contribution < -0.4 is 0 Å². The molecule has 0 aliphatic carbocycles. The van der Waals surface area contributed by atoms with Gasteiger partial charge in [-0.15, -0.1) is 10.2 Å². The third-order valence-electron chi connectivity index (χ3n) is 1.30. The summed E-state index contributed by atoms with van der Waals surface area (Å²) in [5.74, 6) is 0. The molecule has 0 radical (unpaired) electrons. The minimum absolute atomic E-state index is 0.143. The fourth-order valence-electron chi connectivity index (χ4n) is 0.792. The normalized spacial score (nSPS) is 10.5. The molecule has 4 nitrogen and oxygen atoms in total. The Kier molecular flexibility index (Phi) is 1.78. The average Bonchev–Trinajstić information content (AvgIpc) is 2.12. The van der Waals surface area contributed by atoms with Gasteiger partial charge in [0.05, 0.1) is 0 Å². The molecule has 0 N–H and O–H groups in total. The Hall–Kier alpha value is -1.00. The summed E-state index contributed by atoms with van der Waals surface area (Å²) in [5.41, 5.74) is 0.867. The minimum atomic E-state index is 0.143. The molecule has 60 valence electrons. The maximum absolute atomic E-state index is 5.79. The van der Waals surface area contributed by atoms with E-state index in [1.165, 1.54) is 12.4 Å². The number of hydrogen-bond acceptors (Lipinski definition) is 4. The van der Waals surface area contributed by atoms with Crippen LogP contribution in [0.15, 0.2) is 12.4 Å². The molecular formula is C6H2Cl2N4. The van der Waals surface area contributed by atoms with Gasteiger partial charge in [0.2, 0.25) is 5.65 Å². The van der Waals surface area contributed by atoms with Gasteiger partial charge in [-0.3, -0.25) is 0 Å². The molecule has 0 aromatic carbocycles. The van der Waals surface area contributed by atoms with Crippen molar-refractivity contribution in [1.82, 2.24) is 20.2 Å². The van der Waals surface area contributed by atoms with Gasteiger partial charge in [0.15, 0.2) is 5.15 Å². The number of halogens is 2. The predicted molar refractivity (Wildman–Crippen MR) is 45.1 cm³/mol. The zero-order valence-corrected chi connectivity index (χ0v) is 7.21. The summed E-state index contributed by atoms with van der Waals surface area (Å²) in [6, 6.07) is 0. The smallest absolute Gasteiger partial charge is 0.202 e. The maximum Gasteiger partial charge on any atom is 0.202 e. The van der Waals surface area contributed by atoms with E-state index in [0.29, 0.717) is 11.2 Å². The Balaban J connectivity index is 2.91. The molecule has 0 unspecified atom stereocenters. The second-order valence-corrected chi connectivity index (χ2v) is 2.77. The van der Waals surface area contributed by atoms with Crippen LogP contribution in [0.25, 0.3) is 11.2 Å². The van der Waals surface area contributed by atoms with Crippen LogP contribution in [-0.4, -0.2) is 20.2 Å². The van der Waals surface area contributed by atoms with Crippen LogP contribution in [0.1, 0.15) is 0 Å². The van der Waals surface area contributed by atoms with Gasteiger partial charge in [0.25, 0.3) is 0 Å². The third-order valence-corrected chi connectivity index (χ3v) is 2.02. The van der Waals surface area contributed by atoms with Crippen LogP contribution in [0, 0.1) is 0 Å². The van der Waals surface area contributed by atoms with Gasteiger partial charge in [0, 0.05) is 12.4 Å². The van der Waals surface area contributed by atoms with Gasteiger partial charge in [-0.05, 0) is 0 Å². The van der Waals surface area contributed by atoms with E-state index in [0.717, 1.165) is 0 Å². The quantitative estimate of drug-likeness (QED) is 0.651. The zero-order valence-electron chi connectivity index (χ0n) is 5.70. The van der Waals surface area contributed by atoms with E-state index in [2.05, 4.69) is 20.2 Å². The average molecular weight is 201 g/mol. The number of fused-ring (bicyclic) bond motifs is 1. The number of aromatic nitrogens is 4. The summed E-state index contributed by atoms with van der Waals surface area (Å²) in [6.45, 7) is 0. The van der Waals surface area contributed by atoms with Gasteiger partial charge >= 0.3 is 0 Å². The number of rotatable bonds is 0. The molecule has 0 atom stereocenters. The summed E-state index contributed by atoms with van der Waals surface area (Å²) in [5, 5.41) is 7.72. The van der Waals surface area contributed by atoms with Gasteiger partial charge in [-0.2, -0.15) is 0 Å². The van der Waals surface area contributed by atoms with Gasteiger partial charge in [-0.1, -0.05) is 23.2 Å². The fraction of sp³-hybridized carbons (Fsp3) is 0. The predicted octanol–water partition coefficient (Wildman–Crippen LogP) is 1.73. The molecule has 0 amide bonds. The van der Waals surface area contributed by atoms with E-state index < -0.39 is 0 Å². The molecular weight excluding hydrogens is 199 g/mol. The molecule has 0 saturated carbocycles. The Morgan fingerprint density at radius 2 is 1.75 bits per heavy atom. The highest BCUT2D eigenvalue weighted by Gasteiger charge is 2.07. The highest BCUT2D eigenvalue weighted by molar-refractivity contribution is 6.43. The topological polar surface area (TPSA) is 51.6 Å². The van der Waals surface area contributed by atoms with E-state index in [1.54, 1.807) is 0 Å². The molecule has 0 fully saturated rings. The highest BCUT2D eigenvalue weighted by Crippen LogP contribution is 2.23. The highest BCUT2D eigenvalue weighted by atomic mass is 35.5. The summed E-state index contributed by atoms with van der Waals surface area (Å²) >= 11 is 11.4. The standard InChI is InChI=1S/C6H2Cl2N4/c7-3-4-6(10-2-1-9-4)12-11-5(3)8/h1-2H. The zero-order chi connectivity index (χ0) is 8.55. The Morgan fingerprint density at radius 1 is 1.00 bits per heavy atom. The fourth-order valence-corrected chi connectivity index (χ4v) is 1.09. The lowest BCUT2D eigenvalue weighted by molar-refractivity contribution is 1.04. The first-order valence-corrected chi connectivity index (χ1v) is 3.83. The van der Waals surface area contributed by atoms with Crippen molar-refractivity contribution in [3.63, 3.8) is 0 Å². The van der Waals surface area contributed by atoms with Crippen LogP contribution in [0.2, 0.25) is 10.2 Å². The van der Waals surface area contributed by atoms with E-state index >= 15 is 0 Å². The van der Waals surface area contributed by atoms with Crippen molar-refractivity contribution in [2.24, 2.45) is 0 Å². The van der Waals surface area contributed by atoms with E-state index in [-0.39, 0.29) is 10.2 Å². The lowest BCUT2D eigenvalue weighted by Crippen LogP contribution is -1.91. The van der Waals surface area contributed by atoms with Crippen molar-refractivity contribution < 1.29 is 0 Å². The van der Waals surface area contributed by atoms with Crippen molar-refractivity contribution in [2.45, 2.75) is 0 Å². The third kappa shape index (κ3) is 1.09. The minimum Gasteiger partial charge on any atom is -0.250 e. The Morgan fingerprint density at radius 3 is 2.58 bits per heavy atom. The van der Waals surface area contributed by atoms with Crippen molar-refractivity contribution in [3.8, 4) is 0 Å². The van der Waals surface area contributed by atoms with Crippen LogP contribution >= 0.6 is 23.2 Å². The van der Waals surface area contributed by atoms with Crippen molar-refractivity contribution in [1.29, 1.82) is 0 Å². The molecule has 0 aliphatic rings. The maximum atomic E-state index is 5.79. The van der Waals surface area contributed by atoms with Gasteiger partial charge in [-0.25, -0.2) is 9.97 Å². The van der Waals surface area contributed by atoms with Gasteiger partial charge < -0.3 is 0 Å². The SMILES string of the molecule is Clc1nnc2nccnc2c1Cl. The lowest BCUT2D eigenvalue weighted by Gasteiger charge is -1.96. The molecule has 0 bridgehead atoms. The van der Waals surface area contributed by atoms with Crippen LogP contribution in [-0.2, 0) is 0 Å². The first kappa shape index (κ1) is 7.64. The largest absolute Gasteiger partial charge is 0.250 e. The summed E-state index contributed by atoms with van der Waals surface area (Å²) in [6.07, 6.45) is 3.04. The molecule has 2 aromatic rings. The summed E-state index contributed by atoms with van der Waals surface area (Å²) < 4.78 is 0. The van der Waals surface area contributed by atoms with Crippen LogP contribution in [0.4, 0.5) is 0 Å². The number of nitrogens with zero attached hydrogens (tertiary/aromatic N) is 4. The van der Waals surface area contributed by atoms with Crippen molar-refractivity contribution in [3.05, 3.63) is 22.6 Å². The lowest BCUT2D eigenvalue weighted by atomic mass is 10.5. The molecule has 6 heteroatoms. The second kappa shape index (κ2) is 2.80. The van der Waals surface area contributed by atoms with E-state index in [9.17, 15) is 0 Å². The van der Waals surface area contributed by atoms with Crippen LogP contribution in [0.5, 0.6) is 0 Å². The Labute approximate surface area is 77.6 Å². The summed E-state index contributed by atoms with van der Waals surface area (Å²) in [7, 11) is 0. The monoisotopic (exact) mass is 200 g/mol. The van der Waals surface area contributed by atoms with Crippen molar-refractivity contribution >= 4 is 34.4 Å². The second-order valence-electron chi connectivity index (χ2n) is 2.03. The first-order valence-electron chi connectivity index (χ1n) is 3.07. The van der Waals surface area contributed by atoms with E-state index in [1.807, 2.05) is 0 Å². The first-order chi connectivity index (χ1) is 5.79. The van der Waals surface area contributed by atoms with Crippen molar-refractivity contribution in [2.75, 3.05) is 0 Å². The molecule has 2 heterocycles. The van der Waals surface area contributed by atoms with E-state index in [4.69, 9.17) is 23.2 Å². The van der Waals surface area contributed by atoms with Gasteiger partial charge in [0.1, 0.15) is 10.5 Å². The molecule has 0 saturated heterocycles. The molecule has 0 aliphatic heterocycles. The molecule has 2 rings (SSSR count). The number of hydrogen-bond donors (Lipinski definition) is 0. The van der Waals surface area contributed by atoms with Crippen LogP contribution in [0.3, 0.4) is 0 Å². The molecule has 0 spiro atoms.